The monoisotopic (exact) mass is 332 g/mol. The summed E-state index contributed by atoms with van der Waals surface area (Å²) in [5, 5.41) is 10.8. The lowest BCUT2D eigenvalue weighted by Crippen LogP contribution is -2.38. The van der Waals surface area contributed by atoms with Gasteiger partial charge in [-0.1, -0.05) is 12.1 Å². The van der Waals surface area contributed by atoms with Crippen LogP contribution in [-0.2, 0) is 13.1 Å². The Hall–Kier alpha value is -2.44. The predicted octanol–water partition coefficient (Wildman–Crippen LogP) is 2.29. The first-order chi connectivity index (χ1) is 11.7. The molecule has 1 aromatic carbocycles. The normalized spacial score (nSPS) is 11.5. The lowest BCUT2D eigenvalue weighted by Gasteiger charge is -2.22. The highest BCUT2D eigenvalue weighted by molar-refractivity contribution is 5.79. The fraction of sp³-hybridized carbons (Fsp3) is 0.471. The van der Waals surface area contributed by atoms with Crippen LogP contribution >= 0.6 is 0 Å². The smallest absolute Gasteiger partial charge is 0.193 e. The van der Waals surface area contributed by atoms with E-state index in [2.05, 4.69) is 20.5 Å². The van der Waals surface area contributed by atoms with Crippen LogP contribution < -0.4 is 5.32 Å². The van der Waals surface area contributed by atoms with E-state index in [-0.39, 0.29) is 5.82 Å². The number of hydrogen-bond acceptors (Lipinski definition) is 3. The molecule has 7 heteroatoms. The van der Waals surface area contributed by atoms with Crippen LogP contribution in [0.3, 0.4) is 0 Å². The van der Waals surface area contributed by atoms with Crippen LogP contribution in [0.15, 0.2) is 41.9 Å². The quantitative estimate of drug-likeness (QED) is 0.458. The molecule has 0 atom stereocenters. The summed E-state index contributed by atoms with van der Waals surface area (Å²) in [4.78, 5) is 6.66. The van der Waals surface area contributed by atoms with Gasteiger partial charge in [-0.05, 0) is 37.5 Å². The lowest BCUT2D eigenvalue weighted by molar-refractivity contribution is 0.473. The van der Waals surface area contributed by atoms with E-state index < -0.39 is 0 Å². The second kappa shape index (κ2) is 9.64. The topological polar surface area (TPSA) is 58.3 Å². The molecule has 1 heterocycles. The van der Waals surface area contributed by atoms with Crippen LogP contribution in [0.25, 0.3) is 0 Å². The first-order valence-electron chi connectivity index (χ1n) is 8.25. The minimum absolute atomic E-state index is 0.211. The number of aliphatic imine (C=N–C) groups is 1. The van der Waals surface area contributed by atoms with E-state index in [1.165, 1.54) is 6.07 Å². The van der Waals surface area contributed by atoms with Crippen molar-refractivity contribution in [1.29, 1.82) is 0 Å². The molecule has 0 fully saturated rings. The molecule has 0 saturated carbocycles. The third-order valence-corrected chi connectivity index (χ3v) is 3.56. The molecular formula is C17H25FN6. The van der Waals surface area contributed by atoms with Gasteiger partial charge in [0.05, 0.1) is 0 Å². The summed E-state index contributed by atoms with van der Waals surface area (Å²) in [6.45, 7) is 5.10. The van der Waals surface area contributed by atoms with Crippen LogP contribution in [0.5, 0.6) is 0 Å². The number of benzene rings is 1. The molecule has 0 amide bonds. The number of halogens is 1. The average molecular weight is 332 g/mol. The highest BCUT2D eigenvalue weighted by Crippen LogP contribution is 2.06. The van der Waals surface area contributed by atoms with E-state index in [9.17, 15) is 4.39 Å². The van der Waals surface area contributed by atoms with Crippen molar-refractivity contribution < 1.29 is 4.39 Å². The Morgan fingerprint density at radius 3 is 2.79 bits per heavy atom. The van der Waals surface area contributed by atoms with Crippen molar-refractivity contribution in [3.63, 3.8) is 0 Å². The summed E-state index contributed by atoms with van der Waals surface area (Å²) in [6.07, 6.45) is 5.45. The number of nitrogens with one attached hydrogen (secondary N) is 1. The zero-order chi connectivity index (χ0) is 17.2. The fourth-order valence-electron chi connectivity index (χ4n) is 2.38. The molecule has 0 unspecified atom stereocenters. The SMILES string of the molecule is CCNC(=NCCCCn1cnnc1)N(C)Cc1cccc(F)c1. The molecule has 0 aliphatic heterocycles. The number of guanidine groups is 1. The molecule has 6 nitrogen and oxygen atoms in total. The number of unbranched alkanes of at least 4 members (excludes halogenated alkanes) is 1. The third kappa shape index (κ3) is 5.98. The van der Waals surface area contributed by atoms with Gasteiger partial charge in [-0.2, -0.15) is 0 Å². The summed E-state index contributed by atoms with van der Waals surface area (Å²) in [7, 11) is 1.96. The summed E-state index contributed by atoms with van der Waals surface area (Å²) in [5.41, 5.74) is 0.927. The summed E-state index contributed by atoms with van der Waals surface area (Å²) >= 11 is 0. The summed E-state index contributed by atoms with van der Waals surface area (Å²) in [5.74, 6) is 0.628. The van der Waals surface area contributed by atoms with Crippen LogP contribution in [0.1, 0.15) is 25.3 Å². The van der Waals surface area contributed by atoms with Gasteiger partial charge in [0.1, 0.15) is 18.5 Å². The second-order valence-corrected chi connectivity index (χ2v) is 5.63. The van der Waals surface area contributed by atoms with Crippen molar-refractivity contribution in [1.82, 2.24) is 25.0 Å². The third-order valence-electron chi connectivity index (χ3n) is 3.56. The Bertz CT molecular complexity index is 626. The summed E-state index contributed by atoms with van der Waals surface area (Å²) < 4.78 is 15.3. The van der Waals surface area contributed by atoms with Crippen molar-refractivity contribution in [2.24, 2.45) is 4.99 Å². The zero-order valence-corrected chi connectivity index (χ0v) is 14.3. The Morgan fingerprint density at radius 1 is 1.29 bits per heavy atom. The van der Waals surface area contributed by atoms with Crippen LogP contribution in [0, 0.1) is 5.82 Å². The van der Waals surface area contributed by atoms with Crippen molar-refractivity contribution >= 4 is 5.96 Å². The molecule has 0 aliphatic carbocycles. The molecule has 2 aromatic rings. The van der Waals surface area contributed by atoms with E-state index >= 15 is 0 Å². The molecule has 130 valence electrons. The van der Waals surface area contributed by atoms with Crippen molar-refractivity contribution in [3.8, 4) is 0 Å². The largest absolute Gasteiger partial charge is 0.357 e. The van der Waals surface area contributed by atoms with E-state index in [1.54, 1.807) is 24.8 Å². The van der Waals surface area contributed by atoms with Crippen LogP contribution in [-0.4, -0.2) is 45.8 Å². The molecule has 0 bridgehead atoms. The first-order valence-corrected chi connectivity index (χ1v) is 8.25. The van der Waals surface area contributed by atoms with Gasteiger partial charge in [-0.3, -0.25) is 4.99 Å². The van der Waals surface area contributed by atoms with Gasteiger partial charge in [0, 0.05) is 33.2 Å². The standard InChI is InChI=1S/C17H25FN6/c1-3-19-17(20-9-4-5-10-24-13-21-22-14-24)23(2)12-15-7-6-8-16(18)11-15/h6-8,11,13-14H,3-5,9-10,12H2,1-2H3,(H,19,20). The van der Waals surface area contributed by atoms with Crippen molar-refractivity contribution in [2.45, 2.75) is 32.9 Å². The number of nitrogens with zero attached hydrogens (tertiary/aromatic N) is 5. The maximum Gasteiger partial charge on any atom is 0.193 e. The van der Waals surface area contributed by atoms with Crippen LogP contribution in [0.2, 0.25) is 0 Å². The molecule has 0 aliphatic rings. The minimum Gasteiger partial charge on any atom is -0.357 e. The van der Waals surface area contributed by atoms with Gasteiger partial charge in [-0.25, -0.2) is 4.39 Å². The van der Waals surface area contributed by atoms with E-state index in [4.69, 9.17) is 0 Å². The fourth-order valence-corrected chi connectivity index (χ4v) is 2.38. The van der Waals surface area contributed by atoms with E-state index in [1.807, 2.05) is 29.5 Å². The molecule has 1 N–H and O–H groups in total. The van der Waals surface area contributed by atoms with Crippen molar-refractivity contribution in [3.05, 3.63) is 48.3 Å². The molecule has 1 aromatic heterocycles. The molecular weight excluding hydrogens is 307 g/mol. The highest BCUT2D eigenvalue weighted by Gasteiger charge is 2.06. The van der Waals surface area contributed by atoms with Gasteiger partial charge in [0.25, 0.3) is 0 Å². The number of hydrogen-bond donors (Lipinski definition) is 1. The van der Waals surface area contributed by atoms with Gasteiger partial charge in [0.2, 0.25) is 0 Å². The number of aromatic nitrogens is 3. The predicted molar refractivity (Wildman–Crippen MR) is 93.1 cm³/mol. The molecule has 24 heavy (non-hydrogen) atoms. The highest BCUT2D eigenvalue weighted by atomic mass is 19.1. The van der Waals surface area contributed by atoms with E-state index in [0.717, 1.165) is 44.0 Å². The Morgan fingerprint density at radius 2 is 2.08 bits per heavy atom. The van der Waals surface area contributed by atoms with Crippen LogP contribution in [0.4, 0.5) is 4.39 Å². The molecule has 0 radical (unpaired) electrons. The second-order valence-electron chi connectivity index (χ2n) is 5.63. The molecule has 0 saturated heterocycles. The Balaban J connectivity index is 1.82. The average Bonchev–Trinajstić information content (AvgIpc) is 3.07. The zero-order valence-electron chi connectivity index (χ0n) is 14.3. The maximum absolute atomic E-state index is 13.3. The maximum atomic E-state index is 13.3. The van der Waals surface area contributed by atoms with Crippen molar-refractivity contribution in [2.75, 3.05) is 20.1 Å². The number of rotatable bonds is 8. The van der Waals surface area contributed by atoms with Gasteiger partial charge < -0.3 is 14.8 Å². The Kier molecular flexibility index (Phi) is 7.20. The van der Waals surface area contributed by atoms with E-state index in [0.29, 0.717) is 6.54 Å². The van der Waals surface area contributed by atoms with Gasteiger partial charge in [-0.15, -0.1) is 10.2 Å². The van der Waals surface area contributed by atoms with Gasteiger partial charge >= 0.3 is 0 Å². The molecule has 2 rings (SSSR count). The number of aryl methyl sites for hydroxylation is 1. The lowest BCUT2D eigenvalue weighted by atomic mass is 10.2. The first kappa shape index (κ1) is 17.9. The Labute approximate surface area is 142 Å². The van der Waals surface area contributed by atoms with Gasteiger partial charge in [0.15, 0.2) is 5.96 Å². The minimum atomic E-state index is -0.211. The molecule has 0 spiro atoms. The summed E-state index contributed by atoms with van der Waals surface area (Å²) in [6, 6.07) is 6.66.